The number of aromatic nitrogens is 3. The number of esters is 1. The van der Waals surface area contributed by atoms with Gasteiger partial charge in [-0.25, -0.2) is 4.79 Å². The molecule has 0 aliphatic rings. The van der Waals surface area contributed by atoms with Gasteiger partial charge in [-0.2, -0.15) is 14.9 Å². The highest BCUT2D eigenvalue weighted by Gasteiger charge is 2.16. The Labute approximate surface area is 194 Å². The van der Waals surface area contributed by atoms with E-state index in [2.05, 4.69) is 22.2 Å². The third-order valence-corrected chi connectivity index (χ3v) is 5.15. The Hall–Kier alpha value is -2.68. The largest absolute Gasteiger partial charge is 0.493 e. The summed E-state index contributed by atoms with van der Waals surface area (Å²) in [5.74, 6) is 0.760. The second kappa shape index (κ2) is 10.6. The maximum Gasteiger partial charge on any atom is 0.345 e. The predicted molar refractivity (Wildman–Crippen MR) is 123 cm³/mol. The van der Waals surface area contributed by atoms with Crippen molar-refractivity contribution in [3.05, 3.63) is 68.2 Å². The van der Waals surface area contributed by atoms with Crippen molar-refractivity contribution < 1.29 is 14.3 Å². The highest BCUT2D eigenvalue weighted by atomic mass is 35.5. The molecule has 2 aromatic carbocycles. The Morgan fingerprint density at radius 1 is 1.26 bits per heavy atom. The summed E-state index contributed by atoms with van der Waals surface area (Å²) in [7, 11) is 1.48. The van der Waals surface area contributed by atoms with Gasteiger partial charge in [-0.05, 0) is 60.6 Å². The number of aryl methyl sites for hydroxylation is 1. The Kier molecular flexibility index (Phi) is 7.84. The van der Waals surface area contributed by atoms with Crippen molar-refractivity contribution >= 4 is 47.6 Å². The fourth-order valence-electron chi connectivity index (χ4n) is 2.72. The lowest BCUT2D eigenvalue weighted by atomic mass is 10.2. The SMILES string of the molecule is CCCCc1n[nH]c(=S)n1/N=C/c1ccc(OC(=O)c2ccc(Cl)cc2Cl)c(OC)c1. The van der Waals surface area contributed by atoms with Crippen LogP contribution in [0.15, 0.2) is 41.5 Å². The Balaban J connectivity index is 1.80. The molecule has 31 heavy (non-hydrogen) atoms. The van der Waals surface area contributed by atoms with Crippen LogP contribution in [0, 0.1) is 4.77 Å². The number of halogens is 2. The van der Waals surface area contributed by atoms with E-state index < -0.39 is 5.97 Å². The molecule has 0 amide bonds. The van der Waals surface area contributed by atoms with Gasteiger partial charge in [0.25, 0.3) is 0 Å². The highest BCUT2D eigenvalue weighted by molar-refractivity contribution is 7.71. The molecule has 10 heteroatoms. The van der Waals surface area contributed by atoms with Gasteiger partial charge in [0.1, 0.15) is 0 Å². The van der Waals surface area contributed by atoms with E-state index in [1.54, 1.807) is 35.2 Å². The first-order valence-corrected chi connectivity index (χ1v) is 10.6. The van der Waals surface area contributed by atoms with Crippen molar-refractivity contribution in [2.45, 2.75) is 26.2 Å². The van der Waals surface area contributed by atoms with E-state index in [1.807, 2.05) is 0 Å². The van der Waals surface area contributed by atoms with E-state index in [-0.39, 0.29) is 16.3 Å². The van der Waals surface area contributed by atoms with Crippen LogP contribution < -0.4 is 9.47 Å². The van der Waals surface area contributed by atoms with Crippen molar-refractivity contribution in [3.63, 3.8) is 0 Å². The fraction of sp³-hybridized carbons (Fsp3) is 0.238. The highest BCUT2D eigenvalue weighted by Crippen LogP contribution is 2.30. The number of methoxy groups -OCH3 is 1. The average molecular weight is 479 g/mol. The van der Waals surface area contributed by atoms with Gasteiger partial charge in [0.2, 0.25) is 4.77 Å². The molecule has 3 aromatic rings. The number of aromatic amines is 1. The minimum atomic E-state index is -0.619. The molecular weight excluding hydrogens is 459 g/mol. The Bertz CT molecular complexity index is 1170. The summed E-state index contributed by atoms with van der Waals surface area (Å²) in [5.41, 5.74) is 0.929. The summed E-state index contributed by atoms with van der Waals surface area (Å²) in [6.45, 7) is 2.11. The second-order valence-electron chi connectivity index (χ2n) is 6.53. The molecule has 0 aliphatic heterocycles. The average Bonchev–Trinajstić information content (AvgIpc) is 3.10. The summed E-state index contributed by atoms with van der Waals surface area (Å²) in [6, 6.07) is 9.61. The smallest absolute Gasteiger partial charge is 0.345 e. The number of carbonyl (C=O) groups excluding carboxylic acids is 1. The van der Waals surface area contributed by atoms with Crippen molar-refractivity contribution in [1.29, 1.82) is 0 Å². The molecule has 0 bridgehead atoms. The van der Waals surface area contributed by atoms with E-state index in [1.165, 1.54) is 19.2 Å². The number of nitrogens with zero attached hydrogens (tertiary/aromatic N) is 3. The molecule has 0 unspecified atom stereocenters. The zero-order valence-electron chi connectivity index (χ0n) is 16.9. The predicted octanol–water partition coefficient (Wildman–Crippen LogP) is 5.70. The van der Waals surface area contributed by atoms with E-state index in [9.17, 15) is 4.79 Å². The van der Waals surface area contributed by atoms with Gasteiger partial charge < -0.3 is 9.47 Å². The minimum absolute atomic E-state index is 0.202. The van der Waals surface area contributed by atoms with E-state index in [4.69, 9.17) is 44.9 Å². The van der Waals surface area contributed by atoms with Gasteiger partial charge >= 0.3 is 5.97 Å². The Morgan fingerprint density at radius 3 is 2.77 bits per heavy atom. The topological polar surface area (TPSA) is 81.5 Å². The molecule has 0 fully saturated rings. The molecule has 0 saturated heterocycles. The van der Waals surface area contributed by atoms with Gasteiger partial charge in [-0.3, -0.25) is 5.10 Å². The molecule has 0 saturated carbocycles. The molecule has 1 N–H and O–H groups in total. The number of hydrogen-bond acceptors (Lipinski definition) is 6. The Morgan fingerprint density at radius 2 is 2.06 bits per heavy atom. The molecule has 7 nitrogen and oxygen atoms in total. The maximum atomic E-state index is 12.5. The molecule has 162 valence electrons. The third-order valence-electron chi connectivity index (χ3n) is 4.34. The standard InChI is InChI=1S/C21H20Cl2N4O3S/c1-3-4-5-19-25-26-21(31)27(19)24-12-13-6-9-17(18(10-13)29-2)30-20(28)15-8-7-14(22)11-16(15)23/h6-12H,3-5H2,1-2H3,(H,26,31)/b24-12+. The number of rotatable bonds is 8. The van der Waals surface area contributed by atoms with Crippen LogP contribution in [0.5, 0.6) is 11.5 Å². The lowest BCUT2D eigenvalue weighted by Crippen LogP contribution is -2.10. The number of carbonyl (C=O) groups is 1. The first kappa shape index (κ1) is 23.0. The van der Waals surface area contributed by atoms with Crippen molar-refractivity contribution in [1.82, 2.24) is 14.9 Å². The van der Waals surface area contributed by atoms with Crippen LogP contribution >= 0.6 is 35.4 Å². The van der Waals surface area contributed by atoms with Gasteiger partial charge in [-0.1, -0.05) is 36.5 Å². The number of hydrogen-bond donors (Lipinski definition) is 1. The number of nitrogens with one attached hydrogen (secondary N) is 1. The summed E-state index contributed by atoms with van der Waals surface area (Å²) in [4.78, 5) is 12.5. The number of unbranched alkanes of at least 4 members (excludes halogenated alkanes) is 1. The van der Waals surface area contributed by atoms with E-state index in [0.717, 1.165) is 30.7 Å². The van der Waals surface area contributed by atoms with Gasteiger partial charge in [0.15, 0.2) is 17.3 Å². The molecule has 0 radical (unpaired) electrons. The van der Waals surface area contributed by atoms with Crippen molar-refractivity contribution in [2.75, 3.05) is 7.11 Å². The quantitative estimate of drug-likeness (QED) is 0.194. The molecule has 3 rings (SSSR count). The maximum absolute atomic E-state index is 12.5. The zero-order chi connectivity index (χ0) is 22.4. The van der Waals surface area contributed by atoms with Crippen LogP contribution in [0.2, 0.25) is 10.0 Å². The monoisotopic (exact) mass is 478 g/mol. The summed E-state index contributed by atoms with van der Waals surface area (Å²) < 4.78 is 12.8. The fourth-order valence-corrected chi connectivity index (χ4v) is 3.41. The first-order valence-electron chi connectivity index (χ1n) is 9.48. The second-order valence-corrected chi connectivity index (χ2v) is 7.76. The van der Waals surface area contributed by atoms with Crippen LogP contribution in [-0.4, -0.2) is 34.2 Å². The normalized spacial score (nSPS) is 11.1. The summed E-state index contributed by atoms with van der Waals surface area (Å²) >= 11 is 17.2. The molecular formula is C21H20Cl2N4O3S. The lowest BCUT2D eigenvalue weighted by Gasteiger charge is -2.10. The van der Waals surface area contributed by atoms with Gasteiger partial charge in [0, 0.05) is 11.4 Å². The first-order chi connectivity index (χ1) is 14.9. The lowest BCUT2D eigenvalue weighted by molar-refractivity contribution is 0.0730. The minimum Gasteiger partial charge on any atom is -0.493 e. The molecule has 1 aromatic heterocycles. The van der Waals surface area contributed by atoms with Crippen LogP contribution in [0.25, 0.3) is 0 Å². The van der Waals surface area contributed by atoms with Crippen LogP contribution in [0.1, 0.15) is 41.5 Å². The van der Waals surface area contributed by atoms with Gasteiger partial charge in [0.05, 0.1) is 23.9 Å². The third kappa shape index (κ3) is 5.72. The molecule has 1 heterocycles. The zero-order valence-corrected chi connectivity index (χ0v) is 19.2. The van der Waals surface area contributed by atoms with E-state index >= 15 is 0 Å². The van der Waals surface area contributed by atoms with Crippen molar-refractivity contribution in [3.8, 4) is 11.5 Å². The number of ether oxygens (including phenoxy) is 2. The van der Waals surface area contributed by atoms with E-state index in [0.29, 0.717) is 15.5 Å². The number of benzene rings is 2. The molecule has 0 spiro atoms. The number of H-pyrrole nitrogens is 1. The van der Waals surface area contributed by atoms with Crippen molar-refractivity contribution in [2.24, 2.45) is 5.10 Å². The summed E-state index contributed by atoms with van der Waals surface area (Å²) in [5, 5.41) is 12.0. The molecule has 0 aliphatic carbocycles. The van der Waals surface area contributed by atoms with Crippen LogP contribution in [0.4, 0.5) is 0 Å². The van der Waals surface area contributed by atoms with Crippen LogP contribution in [-0.2, 0) is 6.42 Å². The van der Waals surface area contributed by atoms with Gasteiger partial charge in [-0.15, -0.1) is 0 Å². The summed E-state index contributed by atoms with van der Waals surface area (Å²) in [6.07, 6.45) is 4.43. The van der Waals surface area contributed by atoms with Crippen LogP contribution in [0.3, 0.4) is 0 Å². The molecule has 0 atom stereocenters.